The zero-order valence-corrected chi connectivity index (χ0v) is 7.73. The van der Waals surface area contributed by atoms with E-state index in [-0.39, 0.29) is 0 Å². The highest BCUT2D eigenvalue weighted by atomic mass is 15.1. The van der Waals surface area contributed by atoms with Gasteiger partial charge in [0.1, 0.15) is 0 Å². The predicted octanol–water partition coefficient (Wildman–Crippen LogP) is 1.78. The van der Waals surface area contributed by atoms with Crippen LogP contribution in [-0.4, -0.2) is 25.3 Å². The molecule has 0 aliphatic rings. The second-order valence-corrected chi connectivity index (χ2v) is 2.87. The zero-order valence-electron chi connectivity index (χ0n) is 7.73. The number of hydrogen-bond acceptors (Lipinski definition) is 2. The van der Waals surface area contributed by atoms with Gasteiger partial charge in [-0.15, -0.1) is 0 Å². The van der Waals surface area contributed by atoms with Crippen molar-refractivity contribution in [1.82, 2.24) is 4.90 Å². The average Bonchev–Trinajstić information content (AvgIpc) is 2.15. The quantitative estimate of drug-likeness (QED) is 0.505. The molecule has 0 aliphatic carbocycles. The first-order valence-electron chi connectivity index (χ1n) is 3.93. The van der Waals surface area contributed by atoms with Crippen LogP contribution in [0.4, 0.5) is 5.69 Å². The number of rotatable bonds is 2. The smallest absolute Gasteiger partial charge is 0.0991 e. The number of hydrogen-bond donors (Lipinski definition) is 0. The molecule has 0 radical (unpaired) electrons. The molecule has 0 unspecified atom stereocenters. The minimum absolute atomic E-state index is 0.656. The molecule has 1 aromatic carbocycles. The molecule has 1 rings (SSSR count). The van der Waals surface area contributed by atoms with E-state index in [4.69, 9.17) is 5.26 Å². The van der Waals surface area contributed by atoms with Gasteiger partial charge < -0.3 is 4.90 Å². The number of nitrogens with zero attached hydrogens (tertiary/aromatic N) is 3. The van der Waals surface area contributed by atoms with Crippen molar-refractivity contribution < 1.29 is 0 Å². The van der Waals surface area contributed by atoms with E-state index in [9.17, 15) is 0 Å². The zero-order chi connectivity index (χ0) is 9.68. The molecule has 0 bridgehead atoms. The Morgan fingerprint density at radius 3 is 2.38 bits per heavy atom. The molecule has 0 fully saturated rings. The lowest BCUT2D eigenvalue weighted by atomic mass is 10.2. The number of nitriles is 1. The molecular weight excluding hydrogens is 162 g/mol. The summed E-state index contributed by atoms with van der Waals surface area (Å²) in [7, 11) is 3.82. The van der Waals surface area contributed by atoms with E-state index in [1.54, 1.807) is 18.5 Å². The monoisotopic (exact) mass is 173 g/mol. The summed E-state index contributed by atoms with van der Waals surface area (Å²) in [5.41, 5.74) is 1.51. The van der Waals surface area contributed by atoms with Crippen LogP contribution in [0.15, 0.2) is 29.3 Å². The van der Waals surface area contributed by atoms with Gasteiger partial charge in [-0.05, 0) is 24.3 Å². The van der Waals surface area contributed by atoms with Crippen LogP contribution in [-0.2, 0) is 0 Å². The maximum Gasteiger partial charge on any atom is 0.0991 e. The van der Waals surface area contributed by atoms with Crippen molar-refractivity contribution in [2.24, 2.45) is 4.99 Å². The van der Waals surface area contributed by atoms with Crippen molar-refractivity contribution in [2.45, 2.75) is 0 Å². The Kier molecular flexibility index (Phi) is 3.04. The van der Waals surface area contributed by atoms with Crippen LogP contribution >= 0.6 is 0 Å². The van der Waals surface area contributed by atoms with Crippen LogP contribution in [0.3, 0.4) is 0 Å². The van der Waals surface area contributed by atoms with Gasteiger partial charge in [-0.1, -0.05) is 0 Å². The summed E-state index contributed by atoms with van der Waals surface area (Å²) in [4.78, 5) is 6.03. The van der Waals surface area contributed by atoms with Gasteiger partial charge in [0.05, 0.1) is 23.7 Å². The first kappa shape index (κ1) is 9.27. The van der Waals surface area contributed by atoms with Gasteiger partial charge in [0.2, 0.25) is 0 Å². The first-order chi connectivity index (χ1) is 6.22. The molecular formula is C10H11N3. The maximum atomic E-state index is 8.55. The Hall–Kier alpha value is -1.82. The van der Waals surface area contributed by atoms with Crippen LogP contribution in [0, 0.1) is 11.3 Å². The molecule has 0 amide bonds. The lowest BCUT2D eigenvalue weighted by molar-refractivity contribution is 0.643. The molecule has 0 heterocycles. The first-order valence-corrected chi connectivity index (χ1v) is 3.93. The SMILES string of the molecule is CN(C)C=Nc1ccc(C#N)cc1. The topological polar surface area (TPSA) is 39.4 Å². The van der Waals surface area contributed by atoms with Crippen LogP contribution < -0.4 is 0 Å². The lowest BCUT2D eigenvalue weighted by Gasteiger charge is -2.01. The highest BCUT2D eigenvalue weighted by molar-refractivity contribution is 5.60. The minimum Gasteiger partial charge on any atom is -0.369 e. The molecule has 1 aromatic rings. The molecule has 0 N–H and O–H groups in total. The Labute approximate surface area is 77.9 Å². The molecule has 0 saturated heterocycles. The molecule has 0 spiro atoms. The largest absolute Gasteiger partial charge is 0.369 e. The molecule has 0 atom stereocenters. The van der Waals surface area contributed by atoms with Crippen LogP contribution in [0.25, 0.3) is 0 Å². The molecule has 3 nitrogen and oxygen atoms in total. The Morgan fingerprint density at radius 1 is 1.31 bits per heavy atom. The van der Waals surface area contributed by atoms with Crippen molar-refractivity contribution >= 4 is 12.0 Å². The van der Waals surface area contributed by atoms with E-state index in [1.165, 1.54) is 0 Å². The van der Waals surface area contributed by atoms with Gasteiger partial charge in [0, 0.05) is 14.1 Å². The van der Waals surface area contributed by atoms with Crippen LogP contribution in [0.2, 0.25) is 0 Å². The van der Waals surface area contributed by atoms with E-state index in [1.807, 2.05) is 31.1 Å². The molecule has 3 heteroatoms. The van der Waals surface area contributed by atoms with Gasteiger partial charge in [-0.2, -0.15) is 5.26 Å². The van der Waals surface area contributed by atoms with Crippen molar-refractivity contribution in [3.63, 3.8) is 0 Å². The molecule has 0 aliphatic heterocycles. The third-order valence-electron chi connectivity index (χ3n) is 1.43. The van der Waals surface area contributed by atoms with E-state index in [2.05, 4.69) is 11.1 Å². The third-order valence-corrected chi connectivity index (χ3v) is 1.43. The highest BCUT2D eigenvalue weighted by Gasteiger charge is 1.89. The summed E-state index contributed by atoms with van der Waals surface area (Å²) in [6, 6.07) is 9.20. The molecule has 0 aromatic heterocycles. The van der Waals surface area contributed by atoms with Crippen molar-refractivity contribution in [2.75, 3.05) is 14.1 Å². The Bertz CT molecular complexity index is 330. The summed E-state index contributed by atoms with van der Waals surface area (Å²) in [5.74, 6) is 0. The van der Waals surface area contributed by atoms with E-state index in [0.29, 0.717) is 5.56 Å². The summed E-state index contributed by atoms with van der Waals surface area (Å²) in [5, 5.41) is 8.55. The van der Waals surface area contributed by atoms with Gasteiger partial charge in [-0.25, -0.2) is 4.99 Å². The van der Waals surface area contributed by atoms with E-state index in [0.717, 1.165) is 5.69 Å². The van der Waals surface area contributed by atoms with Gasteiger partial charge in [0.15, 0.2) is 0 Å². The second-order valence-electron chi connectivity index (χ2n) is 2.87. The van der Waals surface area contributed by atoms with Crippen molar-refractivity contribution in [3.8, 4) is 6.07 Å². The van der Waals surface area contributed by atoms with Crippen LogP contribution in [0.5, 0.6) is 0 Å². The number of benzene rings is 1. The summed E-state index contributed by atoms with van der Waals surface area (Å²) >= 11 is 0. The normalized spacial score (nSPS) is 9.92. The standard InChI is InChI=1S/C10H11N3/c1-13(2)8-12-10-5-3-9(7-11)4-6-10/h3-6,8H,1-2H3. The average molecular weight is 173 g/mol. The fourth-order valence-corrected chi connectivity index (χ4v) is 0.804. The maximum absolute atomic E-state index is 8.55. The second kappa shape index (κ2) is 4.27. The molecule has 13 heavy (non-hydrogen) atoms. The summed E-state index contributed by atoms with van der Waals surface area (Å²) in [6.07, 6.45) is 1.72. The fourth-order valence-electron chi connectivity index (χ4n) is 0.804. The Morgan fingerprint density at radius 2 is 1.92 bits per heavy atom. The van der Waals surface area contributed by atoms with Gasteiger partial charge >= 0.3 is 0 Å². The lowest BCUT2D eigenvalue weighted by Crippen LogP contribution is -2.06. The van der Waals surface area contributed by atoms with Crippen molar-refractivity contribution in [3.05, 3.63) is 29.8 Å². The summed E-state index contributed by atoms with van der Waals surface area (Å²) in [6.45, 7) is 0. The third kappa shape index (κ3) is 2.96. The summed E-state index contributed by atoms with van der Waals surface area (Å²) < 4.78 is 0. The molecule has 0 saturated carbocycles. The van der Waals surface area contributed by atoms with E-state index >= 15 is 0 Å². The minimum atomic E-state index is 0.656. The Balaban J connectivity index is 2.76. The molecule has 66 valence electrons. The van der Waals surface area contributed by atoms with E-state index < -0.39 is 0 Å². The van der Waals surface area contributed by atoms with Gasteiger partial charge in [0.25, 0.3) is 0 Å². The predicted molar refractivity (Wildman–Crippen MR) is 53.0 cm³/mol. The van der Waals surface area contributed by atoms with Crippen LogP contribution in [0.1, 0.15) is 5.56 Å². The van der Waals surface area contributed by atoms with Gasteiger partial charge in [-0.3, -0.25) is 0 Å². The highest BCUT2D eigenvalue weighted by Crippen LogP contribution is 2.11. The fraction of sp³-hybridized carbons (Fsp3) is 0.200. The van der Waals surface area contributed by atoms with Crippen molar-refractivity contribution in [1.29, 1.82) is 5.26 Å². The number of aliphatic imine (C=N–C) groups is 1.